The molecule has 0 amide bonds. The molecule has 82 valence electrons. The SMILES string of the molecule is CC.CC.Cc1cncc2ncccc12. The van der Waals surface area contributed by atoms with Crippen LogP contribution in [0.3, 0.4) is 0 Å². The van der Waals surface area contributed by atoms with Crippen molar-refractivity contribution in [2.24, 2.45) is 0 Å². The van der Waals surface area contributed by atoms with E-state index in [1.807, 2.05) is 46.9 Å². The Kier molecular flexibility index (Phi) is 7.16. The second kappa shape index (κ2) is 7.92. The third kappa shape index (κ3) is 3.66. The lowest BCUT2D eigenvalue weighted by Crippen LogP contribution is -1.82. The number of pyridine rings is 2. The van der Waals surface area contributed by atoms with E-state index in [4.69, 9.17) is 0 Å². The summed E-state index contributed by atoms with van der Waals surface area (Å²) in [6, 6.07) is 3.99. The van der Waals surface area contributed by atoms with Crippen molar-refractivity contribution in [1.29, 1.82) is 0 Å². The first kappa shape index (κ1) is 13.6. The van der Waals surface area contributed by atoms with Gasteiger partial charge in [-0.05, 0) is 18.6 Å². The molecule has 0 spiro atoms. The van der Waals surface area contributed by atoms with Gasteiger partial charge >= 0.3 is 0 Å². The Bertz CT molecular complexity index is 378. The summed E-state index contributed by atoms with van der Waals surface area (Å²) in [6.07, 6.45) is 5.41. The van der Waals surface area contributed by atoms with Crippen LogP contribution in [-0.2, 0) is 0 Å². The summed E-state index contributed by atoms with van der Waals surface area (Å²) in [5.74, 6) is 0. The van der Waals surface area contributed by atoms with Crippen LogP contribution in [0.1, 0.15) is 33.3 Å². The summed E-state index contributed by atoms with van der Waals surface area (Å²) in [4.78, 5) is 8.23. The molecule has 0 atom stereocenters. The van der Waals surface area contributed by atoms with Gasteiger partial charge in [0.15, 0.2) is 0 Å². The maximum atomic E-state index is 4.18. The van der Waals surface area contributed by atoms with E-state index in [9.17, 15) is 0 Å². The number of nitrogens with zero attached hydrogens (tertiary/aromatic N) is 2. The molecular weight excluding hydrogens is 184 g/mol. The van der Waals surface area contributed by atoms with Gasteiger partial charge in [-0.15, -0.1) is 0 Å². The predicted octanol–water partition coefficient (Wildman–Crippen LogP) is 3.99. The predicted molar refractivity (Wildman–Crippen MR) is 67.0 cm³/mol. The Labute approximate surface area is 92.4 Å². The lowest BCUT2D eigenvalue weighted by atomic mass is 10.2. The van der Waals surface area contributed by atoms with E-state index < -0.39 is 0 Å². The lowest BCUT2D eigenvalue weighted by Gasteiger charge is -1.97. The maximum Gasteiger partial charge on any atom is 0.0887 e. The zero-order valence-corrected chi connectivity index (χ0v) is 10.3. The molecule has 0 fully saturated rings. The van der Waals surface area contributed by atoms with Gasteiger partial charge in [0, 0.05) is 17.8 Å². The molecule has 2 nitrogen and oxygen atoms in total. The summed E-state index contributed by atoms with van der Waals surface area (Å²) >= 11 is 0. The molecule has 0 radical (unpaired) electrons. The maximum absolute atomic E-state index is 4.18. The highest BCUT2D eigenvalue weighted by atomic mass is 14.7. The van der Waals surface area contributed by atoms with E-state index in [2.05, 4.69) is 16.0 Å². The Morgan fingerprint density at radius 2 is 1.67 bits per heavy atom. The third-order valence-corrected chi connectivity index (χ3v) is 1.73. The average Bonchev–Trinajstić information content (AvgIpc) is 2.35. The zero-order chi connectivity index (χ0) is 11.7. The smallest absolute Gasteiger partial charge is 0.0887 e. The fraction of sp³-hybridized carbons (Fsp3) is 0.385. The number of rotatable bonds is 0. The molecule has 0 aliphatic carbocycles. The van der Waals surface area contributed by atoms with Crippen LogP contribution in [0.4, 0.5) is 0 Å². The molecular formula is C13H20N2. The molecule has 15 heavy (non-hydrogen) atoms. The summed E-state index contributed by atoms with van der Waals surface area (Å²) < 4.78 is 0. The van der Waals surface area contributed by atoms with Gasteiger partial charge < -0.3 is 0 Å². The second-order valence-electron chi connectivity index (χ2n) is 2.53. The van der Waals surface area contributed by atoms with Crippen molar-refractivity contribution in [2.75, 3.05) is 0 Å². The summed E-state index contributed by atoms with van der Waals surface area (Å²) in [5, 5.41) is 1.18. The first-order valence-corrected chi connectivity index (χ1v) is 5.53. The minimum Gasteiger partial charge on any atom is -0.262 e. The van der Waals surface area contributed by atoms with Crippen LogP contribution in [0.15, 0.2) is 30.7 Å². The van der Waals surface area contributed by atoms with Gasteiger partial charge in [0.05, 0.1) is 11.7 Å². The van der Waals surface area contributed by atoms with Crippen LogP contribution in [0, 0.1) is 6.92 Å². The minimum absolute atomic E-state index is 0.965. The number of hydrogen-bond acceptors (Lipinski definition) is 2. The van der Waals surface area contributed by atoms with Crippen molar-refractivity contribution in [3.8, 4) is 0 Å². The summed E-state index contributed by atoms with van der Waals surface area (Å²) in [6.45, 7) is 10.0. The molecule has 2 heteroatoms. The molecule has 0 saturated heterocycles. The molecule has 2 aromatic rings. The van der Waals surface area contributed by atoms with Crippen molar-refractivity contribution in [1.82, 2.24) is 9.97 Å². The van der Waals surface area contributed by atoms with Crippen LogP contribution in [0.25, 0.3) is 10.9 Å². The van der Waals surface area contributed by atoms with Crippen molar-refractivity contribution in [2.45, 2.75) is 34.6 Å². The van der Waals surface area contributed by atoms with Gasteiger partial charge in [0.2, 0.25) is 0 Å². The summed E-state index contributed by atoms with van der Waals surface area (Å²) in [5.41, 5.74) is 2.14. The van der Waals surface area contributed by atoms with Gasteiger partial charge in [-0.25, -0.2) is 0 Å². The first-order valence-electron chi connectivity index (χ1n) is 5.53. The van der Waals surface area contributed by atoms with E-state index in [1.165, 1.54) is 10.9 Å². The number of fused-ring (bicyclic) bond motifs is 1. The molecule has 2 heterocycles. The highest BCUT2D eigenvalue weighted by Crippen LogP contribution is 2.12. The van der Waals surface area contributed by atoms with Gasteiger partial charge in [0.1, 0.15) is 0 Å². The van der Waals surface area contributed by atoms with Crippen LogP contribution in [0.5, 0.6) is 0 Å². The Hall–Kier alpha value is -1.44. The molecule has 0 aliphatic heterocycles. The van der Waals surface area contributed by atoms with Crippen LogP contribution < -0.4 is 0 Å². The molecule has 2 rings (SSSR count). The summed E-state index contributed by atoms with van der Waals surface area (Å²) in [7, 11) is 0. The Morgan fingerprint density at radius 1 is 1.00 bits per heavy atom. The highest BCUT2D eigenvalue weighted by Gasteiger charge is 1.94. The van der Waals surface area contributed by atoms with Gasteiger partial charge in [-0.3, -0.25) is 9.97 Å². The van der Waals surface area contributed by atoms with E-state index in [1.54, 1.807) is 12.4 Å². The Balaban J connectivity index is 0.000000442. The van der Waals surface area contributed by atoms with Gasteiger partial charge in [-0.2, -0.15) is 0 Å². The van der Waals surface area contributed by atoms with Crippen molar-refractivity contribution >= 4 is 10.9 Å². The second-order valence-corrected chi connectivity index (χ2v) is 2.53. The van der Waals surface area contributed by atoms with Gasteiger partial charge in [-0.1, -0.05) is 33.8 Å². The van der Waals surface area contributed by atoms with E-state index in [0.29, 0.717) is 0 Å². The lowest BCUT2D eigenvalue weighted by molar-refractivity contribution is 1.27. The topological polar surface area (TPSA) is 25.8 Å². The van der Waals surface area contributed by atoms with Gasteiger partial charge in [0.25, 0.3) is 0 Å². The normalized spacial score (nSPS) is 8.33. The van der Waals surface area contributed by atoms with E-state index >= 15 is 0 Å². The fourth-order valence-corrected chi connectivity index (χ4v) is 1.14. The molecule has 0 N–H and O–H groups in total. The fourth-order valence-electron chi connectivity index (χ4n) is 1.14. The largest absolute Gasteiger partial charge is 0.262 e. The molecule has 0 aromatic carbocycles. The minimum atomic E-state index is 0.965. The first-order chi connectivity index (χ1) is 7.38. The third-order valence-electron chi connectivity index (χ3n) is 1.73. The number of aryl methyl sites for hydroxylation is 1. The monoisotopic (exact) mass is 204 g/mol. The van der Waals surface area contributed by atoms with Crippen molar-refractivity contribution < 1.29 is 0 Å². The molecule has 0 saturated carbocycles. The highest BCUT2D eigenvalue weighted by molar-refractivity contribution is 5.80. The quantitative estimate of drug-likeness (QED) is 0.648. The molecule has 0 bridgehead atoms. The van der Waals surface area contributed by atoms with Crippen molar-refractivity contribution in [3.63, 3.8) is 0 Å². The standard InChI is InChI=1S/C9H8N2.2C2H6/c1-7-5-10-6-9-8(7)3-2-4-11-9;2*1-2/h2-6H,1H3;2*1-2H3. The van der Waals surface area contributed by atoms with Crippen LogP contribution >= 0.6 is 0 Å². The molecule has 2 aromatic heterocycles. The number of aromatic nitrogens is 2. The Morgan fingerprint density at radius 3 is 2.27 bits per heavy atom. The number of hydrogen-bond donors (Lipinski definition) is 0. The van der Waals surface area contributed by atoms with E-state index in [0.717, 1.165) is 5.52 Å². The molecule has 0 aliphatic rings. The molecule has 0 unspecified atom stereocenters. The van der Waals surface area contributed by atoms with E-state index in [-0.39, 0.29) is 0 Å². The zero-order valence-electron chi connectivity index (χ0n) is 10.3. The van der Waals surface area contributed by atoms with Crippen LogP contribution in [0.2, 0.25) is 0 Å². The average molecular weight is 204 g/mol. The van der Waals surface area contributed by atoms with Crippen molar-refractivity contribution in [3.05, 3.63) is 36.3 Å². The van der Waals surface area contributed by atoms with Crippen LogP contribution in [-0.4, -0.2) is 9.97 Å².